The Morgan fingerprint density at radius 3 is 2.00 bits per heavy atom. The summed E-state index contributed by atoms with van der Waals surface area (Å²) < 4.78 is 24.3. The lowest BCUT2D eigenvalue weighted by Crippen LogP contribution is -2.44. The van der Waals surface area contributed by atoms with Crippen LogP contribution in [0.5, 0.6) is 0 Å². The summed E-state index contributed by atoms with van der Waals surface area (Å²) in [5.41, 5.74) is 0. The molecule has 0 aromatic rings. The third kappa shape index (κ3) is 4.75. The lowest BCUT2D eigenvalue weighted by Gasteiger charge is -2.14. The van der Waals surface area contributed by atoms with E-state index in [-0.39, 0.29) is 0 Å². The van der Waals surface area contributed by atoms with E-state index in [2.05, 4.69) is 0 Å². The van der Waals surface area contributed by atoms with Crippen molar-refractivity contribution >= 4 is 22.0 Å². The van der Waals surface area contributed by atoms with Gasteiger partial charge in [0.1, 0.15) is 6.04 Å². The number of sulfonamides is 1. The van der Waals surface area contributed by atoms with Crippen LogP contribution < -0.4 is 4.72 Å². The fourth-order valence-electron chi connectivity index (χ4n) is 0.688. The van der Waals surface area contributed by atoms with Crippen LogP contribution in [0.2, 0.25) is 0 Å². The highest BCUT2D eigenvalue weighted by atomic mass is 32.2. The van der Waals surface area contributed by atoms with Gasteiger partial charge in [-0.15, -0.1) is 0 Å². The number of hydrogen-bond acceptors (Lipinski definition) is 4. The van der Waals surface area contributed by atoms with Crippen molar-refractivity contribution in [2.24, 2.45) is 0 Å². The van der Waals surface area contributed by atoms with E-state index in [0.29, 0.717) is 0 Å². The zero-order valence-corrected chi connectivity index (χ0v) is 9.11. The molecule has 0 aliphatic rings. The smallest absolute Gasteiger partial charge is 0.322 e. The molecule has 0 radical (unpaired) electrons. The molecule has 0 aliphatic heterocycles. The summed E-state index contributed by atoms with van der Waals surface area (Å²) in [6, 6.07) is -1.63. The van der Waals surface area contributed by atoms with Gasteiger partial charge in [0.05, 0.1) is 11.7 Å². The minimum atomic E-state index is -3.78. The van der Waals surface area contributed by atoms with Gasteiger partial charge >= 0.3 is 11.9 Å². The minimum absolute atomic E-state index is 0.790. The Kier molecular flexibility index (Phi) is 4.69. The van der Waals surface area contributed by atoms with Crippen LogP contribution in [0.3, 0.4) is 0 Å². The molecule has 0 saturated carbocycles. The number of rotatable bonds is 6. The van der Waals surface area contributed by atoms with Gasteiger partial charge in [0, 0.05) is 0 Å². The second-order valence-electron chi connectivity index (χ2n) is 3.20. The van der Waals surface area contributed by atoms with Crippen molar-refractivity contribution in [1.29, 1.82) is 0 Å². The predicted molar refractivity (Wildman–Crippen MR) is 50.9 cm³/mol. The van der Waals surface area contributed by atoms with Gasteiger partial charge < -0.3 is 10.2 Å². The van der Waals surface area contributed by atoms with Gasteiger partial charge in [-0.2, -0.15) is 0 Å². The fourth-order valence-corrected chi connectivity index (χ4v) is 1.54. The molecule has 0 bridgehead atoms. The van der Waals surface area contributed by atoms with Gasteiger partial charge in [-0.3, -0.25) is 9.59 Å². The summed E-state index contributed by atoms with van der Waals surface area (Å²) in [4.78, 5) is 20.8. The molecule has 0 fully saturated rings. The molecule has 0 aliphatic carbocycles. The summed E-state index contributed by atoms with van der Waals surface area (Å²) in [6.45, 7) is 2.73. The molecule has 0 aromatic heterocycles. The number of carbonyl (C=O) groups is 2. The molecule has 0 heterocycles. The summed E-state index contributed by atoms with van der Waals surface area (Å²) >= 11 is 0. The molecule has 0 amide bonds. The standard InChI is InChI=1S/C7H13NO6S/c1-4(2)15(13,14)8-5(7(11)12)3-6(9)10/h4-5,8H,3H2,1-2H3,(H,9,10)(H,11,12)/t5-/m1/s1. The van der Waals surface area contributed by atoms with Crippen LogP contribution in [-0.4, -0.2) is 41.9 Å². The zero-order valence-electron chi connectivity index (χ0n) is 8.30. The van der Waals surface area contributed by atoms with E-state index in [9.17, 15) is 18.0 Å². The van der Waals surface area contributed by atoms with E-state index in [1.807, 2.05) is 4.72 Å². The maximum Gasteiger partial charge on any atom is 0.322 e. The van der Waals surface area contributed by atoms with Gasteiger partial charge in [0.25, 0.3) is 0 Å². The van der Waals surface area contributed by atoms with Crippen molar-refractivity contribution in [2.75, 3.05) is 0 Å². The van der Waals surface area contributed by atoms with Crippen molar-refractivity contribution in [3.63, 3.8) is 0 Å². The Hall–Kier alpha value is -1.15. The molecule has 0 aromatic carbocycles. The number of carboxylic acids is 2. The Morgan fingerprint density at radius 2 is 1.73 bits per heavy atom. The second kappa shape index (κ2) is 5.08. The summed E-state index contributed by atoms with van der Waals surface area (Å²) in [5, 5.41) is 16.1. The third-order valence-corrected chi connectivity index (χ3v) is 3.46. The normalized spacial score (nSPS) is 13.8. The van der Waals surface area contributed by atoms with Gasteiger partial charge in [0.2, 0.25) is 10.0 Å². The molecule has 7 nitrogen and oxygen atoms in total. The van der Waals surface area contributed by atoms with Crippen LogP contribution in [0, 0.1) is 0 Å². The molecule has 3 N–H and O–H groups in total. The first-order chi connectivity index (χ1) is 6.66. The number of carboxylic acid groups (broad SMARTS) is 2. The Labute approximate surface area is 87.2 Å². The highest BCUT2D eigenvalue weighted by Gasteiger charge is 2.27. The van der Waals surface area contributed by atoms with Gasteiger partial charge in [-0.25, -0.2) is 13.1 Å². The topological polar surface area (TPSA) is 121 Å². The maximum absolute atomic E-state index is 11.3. The molecule has 88 valence electrons. The minimum Gasteiger partial charge on any atom is -0.481 e. The number of aliphatic carboxylic acids is 2. The first-order valence-corrected chi connectivity index (χ1v) is 5.67. The van der Waals surface area contributed by atoms with E-state index in [0.717, 1.165) is 0 Å². The Bertz CT molecular complexity index is 346. The van der Waals surface area contributed by atoms with Crippen LogP contribution in [0.25, 0.3) is 0 Å². The maximum atomic E-state index is 11.3. The molecule has 1 atom stereocenters. The average molecular weight is 239 g/mol. The predicted octanol–water partition coefficient (Wildman–Crippen LogP) is -0.758. The monoisotopic (exact) mass is 239 g/mol. The van der Waals surface area contributed by atoms with Gasteiger partial charge in [-0.1, -0.05) is 0 Å². The molecular formula is C7H13NO6S. The SMILES string of the molecule is CC(C)S(=O)(=O)N[C@H](CC(=O)O)C(=O)O. The first kappa shape index (κ1) is 13.8. The molecule has 0 spiro atoms. The van der Waals surface area contributed by atoms with E-state index >= 15 is 0 Å². The van der Waals surface area contributed by atoms with Crippen molar-refractivity contribution in [3.8, 4) is 0 Å². The summed E-state index contributed by atoms with van der Waals surface area (Å²) in [7, 11) is -3.78. The average Bonchev–Trinajstić information content (AvgIpc) is 2.01. The number of hydrogen-bond donors (Lipinski definition) is 3. The molecule has 0 rings (SSSR count). The van der Waals surface area contributed by atoms with Crippen LogP contribution in [0.15, 0.2) is 0 Å². The van der Waals surface area contributed by atoms with Gasteiger partial charge in [0.15, 0.2) is 0 Å². The second-order valence-corrected chi connectivity index (χ2v) is 5.47. The molecular weight excluding hydrogens is 226 g/mol. The van der Waals surface area contributed by atoms with E-state index in [4.69, 9.17) is 10.2 Å². The summed E-state index contributed by atoms with van der Waals surface area (Å²) in [6.07, 6.45) is -0.790. The van der Waals surface area contributed by atoms with Crippen molar-refractivity contribution in [1.82, 2.24) is 4.72 Å². The first-order valence-electron chi connectivity index (χ1n) is 4.12. The van der Waals surface area contributed by atoms with Crippen LogP contribution in [0.1, 0.15) is 20.3 Å². The molecule has 15 heavy (non-hydrogen) atoms. The molecule has 8 heteroatoms. The third-order valence-electron chi connectivity index (χ3n) is 1.60. The van der Waals surface area contributed by atoms with Crippen LogP contribution >= 0.6 is 0 Å². The van der Waals surface area contributed by atoms with E-state index in [1.54, 1.807) is 0 Å². The quantitative estimate of drug-likeness (QED) is 0.560. The lowest BCUT2D eigenvalue weighted by molar-refractivity contribution is -0.145. The Morgan fingerprint density at radius 1 is 1.27 bits per heavy atom. The van der Waals surface area contributed by atoms with Crippen LogP contribution in [-0.2, 0) is 19.6 Å². The molecule has 0 unspecified atom stereocenters. The van der Waals surface area contributed by atoms with E-state index < -0.39 is 39.7 Å². The van der Waals surface area contributed by atoms with Gasteiger partial charge in [-0.05, 0) is 13.8 Å². The van der Waals surface area contributed by atoms with Crippen LogP contribution in [0.4, 0.5) is 0 Å². The highest BCUT2D eigenvalue weighted by molar-refractivity contribution is 7.90. The zero-order chi connectivity index (χ0) is 12.2. The van der Waals surface area contributed by atoms with Crippen molar-refractivity contribution in [2.45, 2.75) is 31.6 Å². The fraction of sp³-hybridized carbons (Fsp3) is 0.714. The van der Waals surface area contributed by atoms with Crippen molar-refractivity contribution < 1.29 is 28.2 Å². The Balaban J connectivity index is 4.70. The van der Waals surface area contributed by atoms with E-state index in [1.165, 1.54) is 13.8 Å². The summed E-state index contributed by atoms with van der Waals surface area (Å²) in [5.74, 6) is -2.89. The highest BCUT2D eigenvalue weighted by Crippen LogP contribution is 2.01. The lowest BCUT2D eigenvalue weighted by atomic mass is 10.2. The van der Waals surface area contributed by atoms with Crippen molar-refractivity contribution in [3.05, 3.63) is 0 Å². The number of nitrogens with one attached hydrogen (secondary N) is 1. The molecule has 0 saturated heterocycles. The largest absolute Gasteiger partial charge is 0.481 e.